The fourth-order valence-corrected chi connectivity index (χ4v) is 3.11. The predicted octanol–water partition coefficient (Wildman–Crippen LogP) is 3.82. The number of hydrogen-bond acceptors (Lipinski definition) is 3. The highest BCUT2D eigenvalue weighted by atomic mass is 32.1. The molecule has 4 nitrogen and oxygen atoms in total. The molecule has 0 aromatic carbocycles. The van der Waals surface area contributed by atoms with Gasteiger partial charge in [0.1, 0.15) is 0 Å². The summed E-state index contributed by atoms with van der Waals surface area (Å²) in [5.41, 5.74) is 1.17. The van der Waals surface area contributed by atoms with Gasteiger partial charge in [-0.3, -0.25) is 4.98 Å². The van der Waals surface area contributed by atoms with E-state index in [0.29, 0.717) is 11.9 Å². The van der Waals surface area contributed by atoms with Gasteiger partial charge < -0.3 is 14.6 Å². The molecule has 0 atom stereocenters. The van der Waals surface area contributed by atoms with Crippen molar-refractivity contribution in [3.63, 3.8) is 0 Å². The maximum absolute atomic E-state index is 5.59. The monoisotopic (exact) mass is 301 g/mol. The van der Waals surface area contributed by atoms with Crippen molar-refractivity contribution in [3.05, 3.63) is 48.5 Å². The van der Waals surface area contributed by atoms with Gasteiger partial charge in [-0.2, -0.15) is 0 Å². The number of nitrogens with one attached hydrogen (secondary N) is 1. The van der Waals surface area contributed by atoms with Crippen LogP contribution in [-0.4, -0.2) is 21.0 Å². The molecule has 0 radical (unpaired) electrons. The van der Waals surface area contributed by atoms with Crippen LogP contribution < -0.4 is 5.32 Å². The van der Waals surface area contributed by atoms with Crippen molar-refractivity contribution >= 4 is 23.2 Å². The lowest BCUT2D eigenvalue weighted by Crippen LogP contribution is -2.40. The van der Waals surface area contributed by atoms with Gasteiger partial charge in [0, 0.05) is 31.0 Å². The standard InChI is InChI=1S/C16H19N3OS/c21-16(18-15-8-4-10-20-15)19(14-6-1-2-7-14)12-13-5-3-9-17-11-13/h3-5,8-11,14H,1-2,6-7,12H2,(H,18,21). The zero-order valence-corrected chi connectivity index (χ0v) is 12.7. The first kappa shape index (κ1) is 14.1. The van der Waals surface area contributed by atoms with E-state index in [0.717, 1.165) is 11.7 Å². The zero-order chi connectivity index (χ0) is 14.5. The number of nitrogens with zero attached hydrogens (tertiary/aromatic N) is 2. The zero-order valence-electron chi connectivity index (χ0n) is 11.9. The van der Waals surface area contributed by atoms with Gasteiger partial charge >= 0.3 is 0 Å². The molecule has 21 heavy (non-hydrogen) atoms. The maximum atomic E-state index is 5.59. The fraction of sp³-hybridized carbons (Fsp3) is 0.375. The van der Waals surface area contributed by atoms with Gasteiger partial charge in [0.25, 0.3) is 0 Å². The molecule has 5 heteroatoms. The topological polar surface area (TPSA) is 41.3 Å². The van der Waals surface area contributed by atoms with Crippen LogP contribution in [0.4, 0.5) is 5.88 Å². The Morgan fingerprint density at radius 1 is 1.33 bits per heavy atom. The summed E-state index contributed by atoms with van der Waals surface area (Å²) in [5, 5.41) is 3.91. The largest absolute Gasteiger partial charge is 0.449 e. The molecule has 3 rings (SSSR count). The second-order valence-electron chi connectivity index (χ2n) is 5.33. The minimum atomic E-state index is 0.500. The van der Waals surface area contributed by atoms with Crippen LogP contribution in [0, 0.1) is 0 Å². The van der Waals surface area contributed by atoms with Crippen molar-refractivity contribution in [3.8, 4) is 0 Å². The number of anilines is 1. The average molecular weight is 301 g/mol. The van der Waals surface area contributed by atoms with Crippen molar-refractivity contribution in [1.29, 1.82) is 0 Å². The molecule has 2 aromatic rings. The third-order valence-electron chi connectivity index (χ3n) is 3.85. The van der Waals surface area contributed by atoms with Crippen LogP contribution in [0.25, 0.3) is 0 Å². The molecule has 110 valence electrons. The SMILES string of the molecule is S=C(Nc1ccco1)N(Cc1cccnc1)C1CCCC1. The van der Waals surface area contributed by atoms with E-state index < -0.39 is 0 Å². The minimum Gasteiger partial charge on any atom is -0.449 e. The fourth-order valence-electron chi connectivity index (χ4n) is 2.80. The Morgan fingerprint density at radius 3 is 2.86 bits per heavy atom. The Morgan fingerprint density at radius 2 is 2.19 bits per heavy atom. The lowest BCUT2D eigenvalue weighted by Gasteiger charge is -2.31. The Balaban J connectivity index is 1.73. The molecule has 0 unspecified atom stereocenters. The molecule has 0 saturated heterocycles. The highest BCUT2D eigenvalue weighted by molar-refractivity contribution is 7.80. The minimum absolute atomic E-state index is 0.500. The summed E-state index contributed by atoms with van der Waals surface area (Å²) in [4.78, 5) is 6.46. The van der Waals surface area contributed by atoms with Gasteiger partial charge in [-0.25, -0.2) is 0 Å². The van der Waals surface area contributed by atoms with E-state index in [4.69, 9.17) is 16.6 Å². The smallest absolute Gasteiger partial charge is 0.198 e. The van der Waals surface area contributed by atoms with Crippen LogP contribution in [-0.2, 0) is 6.54 Å². The molecule has 1 aliphatic carbocycles. The number of rotatable bonds is 4. The highest BCUT2D eigenvalue weighted by Crippen LogP contribution is 2.26. The van der Waals surface area contributed by atoms with Crippen LogP contribution in [0.2, 0.25) is 0 Å². The molecule has 1 fully saturated rings. The van der Waals surface area contributed by atoms with Crippen molar-refractivity contribution < 1.29 is 4.42 Å². The predicted molar refractivity (Wildman–Crippen MR) is 87.0 cm³/mol. The summed E-state index contributed by atoms with van der Waals surface area (Å²) in [6, 6.07) is 8.28. The number of aromatic nitrogens is 1. The van der Waals surface area contributed by atoms with Crippen LogP contribution >= 0.6 is 12.2 Å². The van der Waals surface area contributed by atoms with Gasteiger partial charge in [-0.1, -0.05) is 18.9 Å². The molecular formula is C16H19N3OS. The van der Waals surface area contributed by atoms with Gasteiger partial charge in [-0.05, 0) is 42.8 Å². The first-order valence-corrected chi connectivity index (χ1v) is 7.74. The second-order valence-corrected chi connectivity index (χ2v) is 5.72. The second kappa shape index (κ2) is 6.72. The maximum Gasteiger partial charge on any atom is 0.198 e. The molecule has 1 aliphatic rings. The summed E-state index contributed by atoms with van der Waals surface area (Å²) in [7, 11) is 0. The summed E-state index contributed by atoms with van der Waals surface area (Å²) in [6.45, 7) is 0.783. The van der Waals surface area contributed by atoms with E-state index in [-0.39, 0.29) is 0 Å². The van der Waals surface area contributed by atoms with E-state index in [1.165, 1.54) is 31.2 Å². The van der Waals surface area contributed by atoms with Crippen molar-refractivity contribution in [2.45, 2.75) is 38.3 Å². The molecule has 0 amide bonds. The Labute approximate surface area is 130 Å². The summed E-state index contributed by atoms with van der Waals surface area (Å²) in [5.74, 6) is 0.689. The number of furan rings is 1. The summed E-state index contributed by atoms with van der Waals surface area (Å²) in [6.07, 6.45) is 10.3. The van der Waals surface area contributed by atoms with Gasteiger partial charge in [0.05, 0.1) is 6.26 Å². The van der Waals surface area contributed by atoms with Crippen LogP contribution in [0.3, 0.4) is 0 Å². The molecular weight excluding hydrogens is 282 g/mol. The van der Waals surface area contributed by atoms with Crippen LogP contribution in [0.1, 0.15) is 31.2 Å². The quantitative estimate of drug-likeness (QED) is 0.870. The third-order valence-corrected chi connectivity index (χ3v) is 4.19. The van der Waals surface area contributed by atoms with E-state index in [1.54, 1.807) is 12.5 Å². The molecule has 2 heterocycles. The first-order valence-electron chi connectivity index (χ1n) is 7.33. The number of pyridine rings is 1. The molecule has 0 spiro atoms. The van der Waals surface area contributed by atoms with Gasteiger partial charge in [0.15, 0.2) is 11.0 Å². The van der Waals surface area contributed by atoms with E-state index in [9.17, 15) is 0 Å². The third kappa shape index (κ3) is 3.61. The average Bonchev–Trinajstić information content (AvgIpc) is 3.19. The molecule has 2 aromatic heterocycles. The van der Waals surface area contributed by atoms with Crippen molar-refractivity contribution in [2.24, 2.45) is 0 Å². The van der Waals surface area contributed by atoms with Gasteiger partial charge in [0.2, 0.25) is 0 Å². The Kier molecular flexibility index (Phi) is 4.50. The van der Waals surface area contributed by atoms with E-state index in [2.05, 4.69) is 21.3 Å². The number of hydrogen-bond donors (Lipinski definition) is 1. The molecule has 0 bridgehead atoms. The normalized spacial score (nSPS) is 15.0. The molecule has 1 N–H and O–H groups in total. The van der Waals surface area contributed by atoms with E-state index >= 15 is 0 Å². The van der Waals surface area contributed by atoms with Gasteiger partial charge in [-0.15, -0.1) is 0 Å². The van der Waals surface area contributed by atoms with Crippen molar-refractivity contribution in [2.75, 3.05) is 5.32 Å². The van der Waals surface area contributed by atoms with Crippen LogP contribution in [0.15, 0.2) is 47.3 Å². The Bertz CT molecular complexity index is 564. The van der Waals surface area contributed by atoms with E-state index in [1.807, 2.05) is 24.4 Å². The lowest BCUT2D eigenvalue weighted by atomic mass is 10.2. The lowest BCUT2D eigenvalue weighted by molar-refractivity contribution is 0.311. The summed E-state index contributed by atoms with van der Waals surface area (Å²) < 4.78 is 5.33. The number of thiocarbonyl (C=S) groups is 1. The first-order chi connectivity index (χ1) is 10.3. The Hall–Kier alpha value is -1.88. The molecule has 0 aliphatic heterocycles. The molecule has 1 saturated carbocycles. The van der Waals surface area contributed by atoms with Crippen LogP contribution in [0.5, 0.6) is 0 Å². The van der Waals surface area contributed by atoms with Crippen molar-refractivity contribution in [1.82, 2.24) is 9.88 Å². The summed E-state index contributed by atoms with van der Waals surface area (Å²) >= 11 is 5.59. The highest BCUT2D eigenvalue weighted by Gasteiger charge is 2.25.